The van der Waals surface area contributed by atoms with E-state index in [9.17, 15) is 4.79 Å². The number of hydrogen-bond donors (Lipinski definition) is 0. The molecule has 0 aliphatic rings. The number of tetrazole rings is 1. The lowest BCUT2D eigenvalue weighted by atomic mass is 9.89. The Labute approximate surface area is 164 Å². The third kappa shape index (κ3) is 3.85. The second-order valence-electron chi connectivity index (χ2n) is 7.71. The Morgan fingerprint density at radius 1 is 1.32 bits per heavy atom. The fourth-order valence-electron chi connectivity index (χ4n) is 3.12. The number of aromatic nitrogens is 6. The first-order valence-electron chi connectivity index (χ1n) is 9.03. The number of amides is 1. The van der Waals surface area contributed by atoms with Gasteiger partial charge in [0.05, 0.1) is 17.9 Å². The number of hydrogen-bond acceptors (Lipinski definition) is 5. The molecule has 0 N–H and O–H groups in total. The van der Waals surface area contributed by atoms with Gasteiger partial charge in [0.2, 0.25) is 0 Å². The van der Waals surface area contributed by atoms with Crippen LogP contribution in [0.2, 0.25) is 0 Å². The molecular weight excluding hydrogens is 354 g/mol. The lowest BCUT2D eigenvalue weighted by molar-refractivity contribution is -0.114. The molecular formula is C20H25N7O. The molecule has 0 unspecified atom stereocenters. The van der Waals surface area contributed by atoms with Gasteiger partial charge in [-0.15, -0.1) is 5.10 Å². The van der Waals surface area contributed by atoms with Crippen molar-refractivity contribution in [2.24, 2.45) is 7.05 Å². The highest BCUT2D eigenvalue weighted by molar-refractivity contribution is 6.01. The summed E-state index contributed by atoms with van der Waals surface area (Å²) >= 11 is 0. The quantitative estimate of drug-likeness (QED) is 0.637. The van der Waals surface area contributed by atoms with Crippen LogP contribution in [0.4, 0.5) is 5.69 Å². The SMILES string of the molecule is C=CC(=O)N(Cc1cn(C)nc1C(C)(C)C)c1cccc(-n2nnnc2C)c1. The predicted molar refractivity (Wildman–Crippen MR) is 107 cm³/mol. The second-order valence-corrected chi connectivity index (χ2v) is 7.71. The van der Waals surface area contributed by atoms with Gasteiger partial charge in [0.25, 0.3) is 5.91 Å². The molecule has 2 heterocycles. The molecule has 2 aromatic heterocycles. The van der Waals surface area contributed by atoms with Crippen LogP contribution in [0.5, 0.6) is 0 Å². The van der Waals surface area contributed by atoms with E-state index < -0.39 is 0 Å². The molecule has 0 atom stereocenters. The maximum atomic E-state index is 12.7. The fourth-order valence-corrected chi connectivity index (χ4v) is 3.12. The van der Waals surface area contributed by atoms with Gasteiger partial charge in [-0.2, -0.15) is 9.78 Å². The van der Waals surface area contributed by atoms with Crippen molar-refractivity contribution in [1.82, 2.24) is 30.0 Å². The van der Waals surface area contributed by atoms with Crippen LogP contribution in [-0.4, -0.2) is 35.9 Å². The van der Waals surface area contributed by atoms with Gasteiger partial charge < -0.3 is 4.90 Å². The van der Waals surface area contributed by atoms with Gasteiger partial charge in [0.1, 0.15) is 0 Å². The molecule has 1 amide bonds. The van der Waals surface area contributed by atoms with Crippen LogP contribution in [0.25, 0.3) is 5.69 Å². The van der Waals surface area contributed by atoms with Crippen molar-refractivity contribution >= 4 is 11.6 Å². The summed E-state index contributed by atoms with van der Waals surface area (Å²) in [5.41, 5.74) is 3.34. The molecule has 0 spiro atoms. The van der Waals surface area contributed by atoms with Crippen LogP contribution < -0.4 is 4.90 Å². The maximum Gasteiger partial charge on any atom is 0.250 e. The van der Waals surface area contributed by atoms with Crippen molar-refractivity contribution in [3.05, 3.63) is 60.2 Å². The third-order valence-electron chi connectivity index (χ3n) is 4.40. The Balaban J connectivity index is 2.03. The average molecular weight is 379 g/mol. The summed E-state index contributed by atoms with van der Waals surface area (Å²) in [6.07, 6.45) is 3.28. The van der Waals surface area contributed by atoms with E-state index in [0.717, 1.165) is 22.6 Å². The Bertz CT molecular complexity index is 1010. The highest BCUT2D eigenvalue weighted by Gasteiger charge is 2.25. The topological polar surface area (TPSA) is 81.7 Å². The average Bonchev–Trinajstić information content (AvgIpc) is 3.24. The monoisotopic (exact) mass is 379 g/mol. The van der Waals surface area contributed by atoms with Crippen molar-refractivity contribution in [2.45, 2.75) is 39.7 Å². The summed E-state index contributed by atoms with van der Waals surface area (Å²) in [5.74, 6) is 0.482. The van der Waals surface area contributed by atoms with E-state index in [1.54, 1.807) is 14.3 Å². The zero-order chi connectivity index (χ0) is 20.5. The molecule has 0 saturated heterocycles. The lowest BCUT2D eigenvalue weighted by Gasteiger charge is -2.24. The number of aryl methyl sites for hydroxylation is 2. The van der Waals surface area contributed by atoms with Crippen LogP contribution in [0.3, 0.4) is 0 Å². The first kappa shape index (κ1) is 19.5. The largest absolute Gasteiger partial charge is 0.304 e. The second kappa shape index (κ2) is 7.38. The molecule has 1 aromatic carbocycles. The fraction of sp³-hybridized carbons (Fsp3) is 0.350. The summed E-state index contributed by atoms with van der Waals surface area (Å²) in [7, 11) is 1.89. The summed E-state index contributed by atoms with van der Waals surface area (Å²) in [5, 5.41) is 16.2. The summed E-state index contributed by atoms with van der Waals surface area (Å²) < 4.78 is 3.41. The van der Waals surface area contributed by atoms with Gasteiger partial charge in [-0.3, -0.25) is 9.48 Å². The Hall–Kier alpha value is -3.29. The molecule has 0 radical (unpaired) electrons. The van der Waals surface area contributed by atoms with Gasteiger partial charge in [-0.05, 0) is 41.6 Å². The van der Waals surface area contributed by atoms with Crippen molar-refractivity contribution < 1.29 is 4.79 Å². The molecule has 0 fully saturated rings. The normalized spacial score (nSPS) is 11.5. The summed E-state index contributed by atoms with van der Waals surface area (Å²) in [4.78, 5) is 14.4. The number of anilines is 1. The smallest absolute Gasteiger partial charge is 0.250 e. The van der Waals surface area contributed by atoms with E-state index in [2.05, 4.69) is 48.0 Å². The minimum Gasteiger partial charge on any atom is -0.304 e. The molecule has 3 aromatic rings. The van der Waals surface area contributed by atoms with Crippen molar-refractivity contribution in [2.75, 3.05) is 4.90 Å². The Morgan fingerprint density at radius 2 is 2.07 bits per heavy atom. The number of nitrogens with zero attached hydrogens (tertiary/aromatic N) is 7. The van der Waals surface area contributed by atoms with Gasteiger partial charge in [0, 0.05) is 29.9 Å². The highest BCUT2D eigenvalue weighted by Crippen LogP contribution is 2.28. The maximum absolute atomic E-state index is 12.7. The molecule has 0 aliphatic heterocycles. The van der Waals surface area contributed by atoms with Gasteiger partial charge >= 0.3 is 0 Å². The van der Waals surface area contributed by atoms with Crippen molar-refractivity contribution in [3.8, 4) is 5.69 Å². The van der Waals surface area contributed by atoms with E-state index >= 15 is 0 Å². The minimum absolute atomic E-state index is 0.134. The lowest BCUT2D eigenvalue weighted by Crippen LogP contribution is -2.30. The van der Waals surface area contributed by atoms with E-state index in [1.807, 2.05) is 44.4 Å². The standard InChI is InChI=1S/C20H25N7O/c1-7-18(28)26(13-15-12-25(6)22-19(15)20(3,4)5)16-9-8-10-17(11-16)27-14(2)21-23-24-27/h7-12H,1,13H2,2-6H3. The first-order valence-corrected chi connectivity index (χ1v) is 9.03. The molecule has 0 aliphatic carbocycles. The van der Waals surface area contributed by atoms with Crippen LogP contribution in [-0.2, 0) is 23.8 Å². The van der Waals surface area contributed by atoms with Crippen LogP contribution >= 0.6 is 0 Å². The number of benzene rings is 1. The molecule has 3 rings (SSSR count). The van der Waals surface area contributed by atoms with Gasteiger partial charge in [-0.1, -0.05) is 33.4 Å². The van der Waals surface area contributed by atoms with E-state index in [0.29, 0.717) is 12.4 Å². The minimum atomic E-state index is -0.186. The van der Waals surface area contributed by atoms with E-state index in [4.69, 9.17) is 0 Å². The molecule has 0 bridgehead atoms. The molecule has 8 nitrogen and oxygen atoms in total. The molecule has 146 valence electrons. The van der Waals surface area contributed by atoms with Gasteiger partial charge in [0.15, 0.2) is 5.82 Å². The Morgan fingerprint density at radius 3 is 2.68 bits per heavy atom. The predicted octanol–water partition coefficient (Wildman–Crippen LogP) is 2.72. The number of carbonyl (C=O) groups excluding carboxylic acids is 1. The third-order valence-corrected chi connectivity index (χ3v) is 4.40. The number of carbonyl (C=O) groups is 1. The van der Waals surface area contributed by atoms with Crippen molar-refractivity contribution in [3.63, 3.8) is 0 Å². The first-order chi connectivity index (χ1) is 13.2. The summed E-state index contributed by atoms with van der Waals surface area (Å²) in [6, 6.07) is 7.55. The molecule has 0 saturated carbocycles. The van der Waals surface area contributed by atoms with Crippen LogP contribution in [0.1, 0.15) is 37.9 Å². The van der Waals surface area contributed by atoms with Crippen molar-refractivity contribution in [1.29, 1.82) is 0 Å². The van der Waals surface area contributed by atoms with Crippen LogP contribution in [0, 0.1) is 6.92 Å². The van der Waals surface area contributed by atoms with Gasteiger partial charge in [-0.25, -0.2) is 0 Å². The summed E-state index contributed by atoms with van der Waals surface area (Å²) in [6.45, 7) is 12.2. The zero-order valence-corrected chi connectivity index (χ0v) is 16.9. The van der Waals surface area contributed by atoms with E-state index in [1.165, 1.54) is 6.08 Å². The van der Waals surface area contributed by atoms with Crippen LogP contribution in [0.15, 0.2) is 43.1 Å². The molecule has 8 heteroatoms. The van der Waals surface area contributed by atoms with E-state index in [-0.39, 0.29) is 11.3 Å². The molecule has 28 heavy (non-hydrogen) atoms. The Kier molecular flexibility index (Phi) is 5.13. The highest BCUT2D eigenvalue weighted by atomic mass is 16.2. The zero-order valence-electron chi connectivity index (χ0n) is 16.9. The number of rotatable bonds is 5.